The van der Waals surface area contributed by atoms with E-state index in [1.54, 1.807) is 37.6 Å². The maximum Gasteiger partial charge on any atom is 0.306 e. The van der Waals surface area contributed by atoms with Crippen LogP contribution in [-0.4, -0.2) is 34.4 Å². The van der Waals surface area contributed by atoms with Gasteiger partial charge in [-0.3, -0.25) is 14.6 Å². The predicted molar refractivity (Wildman–Crippen MR) is 97.1 cm³/mol. The molecule has 3 rings (SSSR count). The first-order chi connectivity index (χ1) is 12.6. The first kappa shape index (κ1) is 17.7. The van der Waals surface area contributed by atoms with Crippen LogP contribution in [0.1, 0.15) is 30.1 Å². The highest BCUT2D eigenvalue weighted by Gasteiger charge is 2.22. The highest BCUT2D eigenvalue weighted by Crippen LogP contribution is 2.20. The number of pyridine rings is 1. The number of carbonyl (C=O) groups excluding carboxylic acids is 2. The van der Waals surface area contributed by atoms with Gasteiger partial charge in [-0.25, -0.2) is 0 Å². The molecule has 2 heterocycles. The van der Waals surface area contributed by atoms with E-state index >= 15 is 0 Å². The van der Waals surface area contributed by atoms with Crippen molar-refractivity contribution in [2.24, 2.45) is 0 Å². The second-order valence-electron chi connectivity index (χ2n) is 5.89. The minimum atomic E-state index is -0.832. The van der Waals surface area contributed by atoms with Crippen molar-refractivity contribution in [3.05, 3.63) is 60.6 Å². The molecule has 0 saturated heterocycles. The number of carbonyl (C=O) groups is 2. The molecule has 1 unspecified atom stereocenters. The molecule has 26 heavy (non-hydrogen) atoms. The van der Waals surface area contributed by atoms with Crippen molar-refractivity contribution in [1.82, 2.24) is 9.97 Å². The minimum absolute atomic E-state index is 0.186. The van der Waals surface area contributed by atoms with E-state index in [9.17, 15) is 9.59 Å². The molecule has 0 spiro atoms. The third-order valence-corrected chi connectivity index (χ3v) is 3.96. The molecule has 1 N–H and O–H groups in total. The second-order valence-corrected chi connectivity index (χ2v) is 5.89. The fourth-order valence-electron chi connectivity index (χ4n) is 2.64. The molecule has 0 aliphatic rings. The van der Waals surface area contributed by atoms with E-state index in [4.69, 9.17) is 9.47 Å². The Morgan fingerprint density at radius 3 is 2.85 bits per heavy atom. The van der Waals surface area contributed by atoms with Crippen molar-refractivity contribution in [3.8, 4) is 5.75 Å². The molecule has 1 aromatic carbocycles. The molecule has 0 saturated carbocycles. The highest BCUT2D eigenvalue weighted by atomic mass is 16.5. The van der Waals surface area contributed by atoms with Gasteiger partial charge in [0.2, 0.25) is 5.78 Å². The van der Waals surface area contributed by atoms with Crippen LogP contribution in [0.3, 0.4) is 0 Å². The summed E-state index contributed by atoms with van der Waals surface area (Å²) in [5, 5.41) is 0.824. The largest absolute Gasteiger partial charge is 0.492 e. The Morgan fingerprint density at radius 2 is 2.04 bits per heavy atom. The van der Waals surface area contributed by atoms with Crippen molar-refractivity contribution >= 4 is 22.7 Å². The number of fused-ring (bicyclic) bond motifs is 1. The number of benzene rings is 1. The Balaban J connectivity index is 1.47. The summed E-state index contributed by atoms with van der Waals surface area (Å²) in [7, 11) is 0. The van der Waals surface area contributed by atoms with Crippen molar-refractivity contribution in [3.63, 3.8) is 0 Å². The molecule has 134 valence electrons. The van der Waals surface area contributed by atoms with Crippen LogP contribution in [0.25, 0.3) is 10.9 Å². The van der Waals surface area contributed by atoms with Gasteiger partial charge in [0.15, 0.2) is 6.10 Å². The first-order valence-electron chi connectivity index (χ1n) is 8.48. The van der Waals surface area contributed by atoms with Gasteiger partial charge in [-0.15, -0.1) is 0 Å². The Morgan fingerprint density at radius 1 is 1.19 bits per heavy atom. The third-order valence-electron chi connectivity index (χ3n) is 3.96. The van der Waals surface area contributed by atoms with Crippen LogP contribution >= 0.6 is 0 Å². The quantitative estimate of drug-likeness (QED) is 0.381. The molecule has 3 aromatic rings. The van der Waals surface area contributed by atoms with Gasteiger partial charge in [0, 0.05) is 35.3 Å². The van der Waals surface area contributed by atoms with Gasteiger partial charge in [0.05, 0.1) is 12.8 Å². The lowest BCUT2D eigenvalue weighted by Crippen LogP contribution is -2.24. The van der Waals surface area contributed by atoms with Crippen LogP contribution < -0.4 is 4.74 Å². The second kappa shape index (κ2) is 8.29. The van der Waals surface area contributed by atoms with Gasteiger partial charge in [0.1, 0.15) is 5.75 Å². The SMILES string of the molecule is CC(OC(=O)CCCOc1cccnc1)C(=O)c1c[nH]c2ccccc12. The van der Waals surface area contributed by atoms with Crippen molar-refractivity contribution in [2.45, 2.75) is 25.9 Å². The smallest absolute Gasteiger partial charge is 0.306 e. The van der Waals surface area contributed by atoms with Crippen LogP contribution in [0.2, 0.25) is 0 Å². The number of Topliss-reactive ketones (excluding diaryl/α,β-unsaturated/α-hetero) is 1. The summed E-state index contributed by atoms with van der Waals surface area (Å²) in [6, 6.07) is 11.1. The molecular weight excluding hydrogens is 332 g/mol. The summed E-state index contributed by atoms with van der Waals surface area (Å²) >= 11 is 0. The lowest BCUT2D eigenvalue weighted by molar-refractivity contribution is -0.146. The lowest BCUT2D eigenvalue weighted by atomic mass is 10.1. The molecule has 0 radical (unpaired) electrons. The summed E-state index contributed by atoms with van der Waals surface area (Å²) in [6.07, 6.45) is 4.78. The van der Waals surface area contributed by atoms with Crippen molar-refractivity contribution < 1.29 is 19.1 Å². The molecule has 0 bridgehead atoms. The van der Waals surface area contributed by atoms with Gasteiger partial charge in [-0.1, -0.05) is 18.2 Å². The van der Waals surface area contributed by atoms with Crippen LogP contribution in [0.15, 0.2) is 55.0 Å². The van der Waals surface area contributed by atoms with Crippen LogP contribution in [0.4, 0.5) is 0 Å². The fraction of sp³-hybridized carbons (Fsp3) is 0.250. The maximum atomic E-state index is 12.5. The van der Waals surface area contributed by atoms with E-state index in [0.29, 0.717) is 24.3 Å². The Bertz CT molecular complexity index is 889. The monoisotopic (exact) mass is 352 g/mol. The van der Waals surface area contributed by atoms with Crippen LogP contribution in [0, 0.1) is 0 Å². The van der Waals surface area contributed by atoms with Gasteiger partial charge < -0.3 is 14.5 Å². The topological polar surface area (TPSA) is 81.3 Å². The number of esters is 1. The standard InChI is InChI=1S/C20H20N2O4/c1-14(20(24)17-13-22-18-8-3-2-7-16(17)18)26-19(23)9-5-11-25-15-6-4-10-21-12-15/h2-4,6-8,10,12-14,22H,5,9,11H2,1H3. The van der Waals surface area contributed by atoms with E-state index in [1.165, 1.54) is 0 Å². The third kappa shape index (κ3) is 4.27. The predicted octanol–water partition coefficient (Wildman–Crippen LogP) is 3.54. The number of ketones is 1. The molecule has 6 nitrogen and oxygen atoms in total. The molecule has 0 aliphatic heterocycles. The van der Waals surface area contributed by atoms with Crippen LogP contribution in [-0.2, 0) is 9.53 Å². The summed E-state index contributed by atoms with van der Waals surface area (Å²) in [4.78, 5) is 31.5. The number of aromatic amines is 1. The molecule has 1 atom stereocenters. The Hall–Kier alpha value is -3.15. The molecule has 6 heteroatoms. The summed E-state index contributed by atoms with van der Waals surface area (Å²) in [5.41, 5.74) is 1.41. The van der Waals surface area contributed by atoms with Crippen molar-refractivity contribution in [1.29, 1.82) is 0 Å². The number of ether oxygens (including phenoxy) is 2. The number of para-hydroxylation sites is 1. The van der Waals surface area contributed by atoms with E-state index in [1.807, 2.05) is 24.3 Å². The van der Waals surface area contributed by atoms with E-state index < -0.39 is 12.1 Å². The van der Waals surface area contributed by atoms with Crippen LogP contribution in [0.5, 0.6) is 5.75 Å². The van der Waals surface area contributed by atoms with E-state index in [2.05, 4.69) is 9.97 Å². The molecular formula is C20H20N2O4. The Kier molecular flexibility index (Phi) is 5.63. The number of hydrogen-bond donors (Lipinski definition) is 1. The van der Waals surface area contributed by atoms with E-state index in [-0.39, 0.29) is 12.2 Å². The Labute approximate surface area is 151 Å². The number of nitrogens with zero attached hydrogens (tertiary/aromatic N) is 1. The lowest BCUT2D eigenvalue weighted by Gasteiger charge is -2.12. The maximum absolute atomic E-state index is 12.5. The number of H-pyrrole nitrogens is 1. The van der Waals surface area contributed by atoms with Gasteiger partial charge in [-0.05, 0) is 31.5 Å². The minimum Gasteiger partial charge on any atom is -0.492 e. The van der Waals surface area contributed by atoms with Gasteiger partial charge >= 0.3 is 5.97 Å². The zero-order valence-electron chi connectivity index (χ0n) is 14.5. The zero-order chi connectivity index (χ0) is 18.4. The van der Waals surface area contributed by atoms with E-state index in [0.717, 1.165) is 10.9 Å². The molecule has 0 aliphatic carbocycles. The fourth-order valence-corrected chi connectivity index (χ4v) is 2.64. The summed E-state index contributed by atoms with van der Waals surface area (Å²) < 4.78 is 10.7. The van der Waals surface area contributed by atoms with Crippen molar-refractivity contribution in [2.75, 3.05) is 6.61 Å². The number of nitrogens with one attached hydrogen (secondary N) is 1. The highest BCUT2D eigenvalue weighted by molar-refractivity contribution is 6.10. The molecule has 0 amide bonds. The average Bonchev–Trinajstić information content (AvgIpc) is 3.09. The average molecular weight is 352 g/mol. The summed E-state index contributed by atoms with van der Waals surface area (Å²) in [5.74, 6) is 0.0200. The number of rotatable bonds is 8. The zero-order valence-corrected chi connectivity index (χ0v) is 14.5. The van der Waals surface area contributed by atoms with Gasteiger partial charge in [0.25, 0.3) is 0 Å². The number of aromatic nitrogens is 2. The molecule has 0 fully saturated rings. The summed E-state index contributed by atoms with van der Waals surface area (Å²) in [6.45, 7) is 1.97. The first-order valence-corrected chi connectivity index (χ1v) is 8.48. The van der Waals surface area contributed by atoms with Gasteiger partial charge in [-0.2, -0.15) is 0 Å². The normalized spacial score (nSPS) is 11.9. The molecule has 2 aromatic heterocycles. The number of hydrogen-bond acceptors (Lipinski definition) is 5.